The molecule has 1 heterocycles. The van der Waals surface area contributed by atoms with Crippen molar-refractivity contribution in [2.24, 2.45) is 7.05 Å². The van der Waals surface area contributed by atoms with E-state index in [2.05, 4.69) is 48.8 Å². The minimum atomic E-state index is 0.555. The second-order valence-corrected chi connectivity index (χ2v) is 5.04. The molecule has 0 fully saturated rings. The first kappa shape index (κ1) is 12.1. The number of fused-ring (bicyclic) bond motifs is 1. The van der Waals surface area contributed by atoms with Crippen molar-refractivity contribution in [3.63, 3.8) is 0 Å². The summed E-state index contributed by atoms with van der Waals surface area (Å²) in [5.41, 5.74) is 1.06. The van der Waals surface area contributed by atoms with E-state index in [1.54, 1.807) is 7.05 Å². The SMILES string of the molecule is Cn1nnc(CNc2ccc(Br)c3ccccc23)n1. The average Bonchev–Trinajstić information content (AvgIpc) is 2.84. The zero-order valence-corrected chi connectivity index (χ0v) is 11.9. The van der Waals surface area contributed by atoms with Crippen LogP contribution < -0.4 is 5.32 Å². The van der Waals surface area contributed by atoms with Crippen molar-refractivity contribution in [2.45, 2.75) is 6.54 Å². The Hall–Kier alpha value is -1.95. The highest BCUT2D eigenvalue weighted by Gasteiger charge is 2.05. The Balaban J connectivity index is 1.91. The van der Waals surface area contributed by atoms with Gasteiger partial charge in [0, 0.05) is 15.5 Å². The van der Waals surface area contributed by atoms with Crippen LogP contribution in [0.3, 0.4) is 0 Å². The molecule has 0 atom stereocenters. The van der Waals surface area contributed by atoms with Gasteiger partial charge < -0.3 is 5.32 Å². The molecule has 96 valence electrons. The zero-order valence-electron chi connectivity index (χ0n) is 10.3. The molecule has 0 amide bonds. The molecule has 5 nitrogen and oxygen atoms in total. The molecule has 1 aromatic heterocycles. The van der Waals surface area contributed by atoms with E-state index in [1.807, 2.05) is 24.3 Å². The molecule has 19 heavy (non-hydrogen) atoms. The zero-order chi connectivity index (χ0) is 13.2. The number of nitrogens with zero attached hydrogens (tertiary/aromatic N) is 4. The van der Waals surface area contributed by atoms with E-state index >= 15 is 0 Å². The van der Waals surface area contributed by atoms with Gasteiger partial charge in [-0.25, -0.2) is 0 Å². The Morgan fingerprint density at radius 3 is 2.68 bits per heavy atom. The van der Waals surface area contributed by atoms with E-state index in [-0.39, 0.29) is 0 Å². The lowest BCUT2D eigenvalue weighted by Gasteiger charge is -2.09. The normalized spacial score (nSPS) is 10.8. The number of nitrogens with one attached hydrogen (secondary N) is 1. The van der Waals surface area contributed by atoms with Gasteiger partial charge in [-0.1, -0.05) is 40.2 Å². The second-order valence-electron chi connectivity index (χ2n) is 4.19. The minimum Gasteiger partial charge on any atom is -0.377 e. The van der Waals surface area contributed by atoms with Gasteiger partial charge in [-0.15, -0.1) is 10.2 Å². The van der Waals surface area contributed by atoms with Crippen LogP contribution in [0.4, 0.5) is 5.69 Å². The molecule has 0 saturated heterocycles. The van der Waals surface area contributed by atoms with Gasteiger partial charge in [0.25, 0.3) is 0 Å². The first-order valence-electron chi connectivity index (χ1n) is 5.88. The lowest BCUT2D eigenvalue weighted by Crippen LogP contribution is -2.02. The maximum absolute atomic E-state index is 4.15. The van der Waals surface area contributed by atoms with Crippen molar-refractivity contribution in [3.8, 4) is 0 Å². The predicted octanol–water partition coefficient (Wildman–Crippen LogP) is 2.74. The number of hydrogen-bond acceptors (Lipinski definition) is 4. The number of aryl methyl sites for hydroxylation is 1. The minimum absolute atomic E-state index is 0.555. The molecule has 3 rings (SSSR count). The summed E-state index contributed by atoms with van der Waals surface area (Å²) < 4.78 is 1.09. The van der Waals surface area contributed by atoms with Crippen molar-refractivity contribution >= 4 is 32.4 Å². The highest BCUT2D eigenvalue weighted by molar-refractivity contribution is 9.10. The van der Waals surface area contributed by atoms with Crippen LogP contribution >= 0.6 is 15.9 Å². The molecular formula is C13H12BrN5. The molecule has 0 aliphatic carbocycles. The summed E-state index contributed by atoms with van der Waals surface area (Å²) in [6.45, 7) is 0.555. The van der Waals surface area contributed by atoms with Gasteiger partial charge in [-0.05, 0) is 22.7 Å². The molecule has 0 saturated carbocycles. The third-order valence-electron chi connectivity index (χ3n) is 2.86. The van der Waals surface area contributed by atoms with Crippen LogP contribution in [0.2, 0.25) is 0 Å². The van der Waals surface area contributed by atoms with E-state index in [1.165, 1.54) is 15.6 Å². The predicted molar refractivity (Wildman–Crippen MR) is 77.8 cm³/mol. The smallest absolute Gasteiger partial charge is 0.193 e. The van der Waals surface area contributed by atoms with Gasteiger partial charge in [-0.2, -0.15) is 4.80 Å². The van der Waals surface area contributed by atoms with Gasteiger partial charge in [0.05, 0.1) is 13.6 Å². The number of rotatable bonds is 3. The number of tetrazole rings is 1. The second kappa shape index (κ2) is 4.97. The summed E-state index contributed by atoms with van der Waals surface area (Å²) in [6.07, 6.45) is 0. The monoisotopic (exact) mass is 317 g/mol. The number of benzene rings is 2. The Kier molecular flexibility index (Phi) is 3.16. The lowest BCUT2D eigenvalue weighted by molar-refractivity contribution is 0.628. The van der Waals surface area contributed by atoms with Crippen molar-refractivity contribution in [1.29, 1.82) is 0 Å². The van der Waals surface area contributed by atoms with Gasteiger partial charge in [-0.3, -0.25) is 0 Å². The maximum atomic E-state index is 4.15. The maximum Gasteiger partial charge on any atom is 0.193 e. The third-order valence-corrected chi connectivity index (χ3v) is 3.55. The van der Waals surface area contributed by atoms with Crippen LogP contribution in [0.15, 0.2) is 40.9 Å². The Labute approximate surface area is 118 Å². The highest BCUT2D eigenvalue weighted by atomic mass is 79.9. The Morgan fingerprint density at radius 2 is 1.95 bits per heavy atom. The molecule has 0 spiro atoms. The molecule has 1 N–H and O–H groups in total. The molecule has 0 unspecified atom stereocenters. The number of aromatic nitrogens is 4. The molecule has 0 aliphatic heterocycles. The van der Waals surface area contributed by atoms with E-state index < -0.39 is 0 Å². The fourth-order valence-electron chi connectivity index (χ4n) is 1.98. The molecule has 3 aromatic rings. The summed E-state index contributed by atoms with van der Waals surface area (Å²) >= 11 is 3.56. The first-order valence-corrected chi connectivity index (χ1v) is 6.67. The van der Waals surface area contributed by atoms with Crippen LogP contribution in [0.1, 0.15) is 5.82 Å². The Morgan fingerprint density at radius 1 is 1.16 bits per heavy atom. The fraction of sp³-hybridized carbons (Fsp3) is 0.154. The third kappa shape index (κ3) is 2.44. The molecular weight excluding hydrogens is 306 g/mol. The Bertz CT molecular complexity index is 722. The average molecular weight is 318 g/mol. The van der Waals surface area contributed by atoms with E-state index in [0.717, 1.165) is 10.2 Å². The summed E-state index contributed by atoms with van der Waals surface area (Å²) in [4.78, 5) is 1.46. The standard InChI is InChI=1S/C13H12BrN5/c1-19-17-13(16-18-19)8-15-12-7-6-11(14)9-4-2-3-5-10(9)12/h2-7,15H,8H2,1H3. The molecule has 2 aromatic carbocycles. The topological polar surface area (TPSA) is 55.6 Å². The van der Waals surface area contributed by atoms with Gasteiger partial charge in [0.1, 0.15) is 0 Å². The fourth-order valence-corrected chi connectivity index (χ4v) is 2.46. The van der Waals surface area contributed by atoms with Crippen molar-refractivity contribution in [3.05, 3.63) is 46.7 Å². The first-order chi connectivity index (χ1) is 9.24. The van der Waals surface area contributed by atoms with Gasteiger partial charge in [0.2, 0.25) is 0 Å². The van der Waals surface area contributed by atoms with Crippen LogP contribution in [-0.2, 0) is 13.6 Å². The summed E-state index contributed by atoms with van der Waals surface area (Å²) in [6, 6.07) is 12.3. The largest absolute Gasteiger partial charge is 0.377 e. The van der Waals surface area contributed by atoms with Crippen molar-refractivity contribution in [2.75, 3.05) is 5.32 Å². The van der Waals surface area contributed by atoms with Crippen LogP contribution in [0, 0.1) is 0 Å². The van der Waals surface area contributed by atoms with E-state index in [0.29, 0.717) is 12.4 Å². The molecule has 0 aliphatic rings. The summed E-state index contributed by atoms with van der Waals surface area (Å²) in [5.74, 6) is 0.675. The van der Waals surface area contributed by atoms with Gasteiger partial charge in [0.15, 0.2) is 5.82 Å². The molecule has 6 heteroatoms. The van der Waals surface area contributed by atoms with Crippen LogP contribution in [0.25, 0.3) is 10.8 Å². The highest BCUT2D eigenvalue weighted by Crippen LogP contribution is 2.29. The molecule has 0 radical (unpaired) electrons. The van der Waals surface area contributed by atoms with Crippen molar-refractivity contribution in [1.82, 2.24) is 20.2 Å². The number of hydrogen-bond donors (Lipinski definition) is 1. The van der Waals surface area contributed by atoms with E-state index in [4.69, 9.17) is 0 Å². The van der Waals surface area contributed by atoms with Crippen LogP contribution in [-0.4, -0.2) is 20.2 Å². The van der Waals surface area contributed by atoms with Gasteiger partial charge >= 0.3 is 0 Å². The quantitative estimate of drug-likeness (QED) is 0.807. The number of anilines is 1. The van der Waals surface area contributed by atoms with Crippen LogP contribution in [0.5, 0.6) is 0 Å². The van der Waals surface area contributed by atoms with Crippen molar-refractivity contribution < 1.29 is 0 Å². The number of halogens is 1. The van der Waals surface area contributed by atoms with E-state index in [9.17, 15) is 0 Å². The lowest BCUT2D eigenvalue weighted by atomic mass is 10.1. The summed E-state index contributed by atoms with van der Waals surface area (Å²) in [7, 11) is 1.76. The summed E-state index contributed by atoms with van der Waals surface area (Å²) in [5, 5.41) is 17.6. The molecule has 0 bridgehead atoms.